The molecule has 0 bridgehead atoms. The van der Waals surface area contributed by atoms with Crippen molar-refractivity contribution in [2.24, 2.45) is 0 Å². The monoisotopic (exact) mass is 265 g/mol. The van der Waals surface area contributed by atoms with Gasteiger partial charge in [-0.25, -0.2) is 0 Å². The molecule has 0 rings (SSSR count). The lowest BCUT2D eigenvalue weighted by Crippen LogP contribution is -2.31. The summed E-state index contributed by atoms with van der Waals surface area (Å²) in [6, 6.07) is 0. The van der Waals surface area contributed by atoms with E-state index in [0.717, 1.165) is 6.92 Å². The van der Waals surface area contributed by atoms with Gasteiger partial charge in [-0.15, -0.1) is 0 Å². The minimum atomic E-state index is -1.08. The number of hydrogen-bond acceptors (Lipinski definition) is 5. The van der Waals surface area contributed by atoms with Crippen LogP contribution in [0.3, 0.4) is 0 Å². The van der Waals surface area contributed by atoms with Gasteiger partial charge in [-0.1, -0.05) is 0 Å². The molecule has 5 heteroatoms. The summed E-state index contributed by atoms with van der Waals surface area (Å²) in [7, 11) is 0. The van der Waals surface area contributed by atoms with Crippen molar-refractivity contribution in [2.45, 2.75) is 72.7 Å². The molecule has 0 aliphatic carbocycles. The van der Waals surface area contributed by atoms with Crippen molar-refractivity contribution < 1.29 is 24.9 Å². The van der Waals surface area contributed by atoms with Crippen molar-refractivity contribution in [1.82, 2.24) is 0 Å². The maximum Gasteiger partial charge on any atom is 0.0742 e. The highest BCUT2D eigenvalue weighted by Gasteiger charge is 2.19. The molecule has 0 amide bonds. The fraction of sp³-hybridized carbons (Fsp3) is 0.923. The number of aliphatic hydroxyl groups is 2. The molecular weight excluding hydrogens is 236 g/mol. The quantitative estimate of drug-likeness (QED) is 0.729. The third-order valence-corrected chi connectivity index (χ3v) is 0.877. The highest BCUT2D eigenvalue weighted by molar-refractivity contribution is 5.60. The predicted molar refractivity (Wildman–Crippen MR) is 70.0 cm³/mol. The van der Waals surface area contributed by atoms with Crippen LogP contribution >= 0.6 is 0 Å². The standard InChI is InChI=1S/C8H18O.C3H8O2.C2H4O2/c1-7(2,3)9-8(4,5)6;1-3(5)2-4;1-2(3)4/h1-6H3;3-5H,2H2,1H3;1H3,(H,3,4)/p-1. The van der Waals surface area contributed by atoms with E-state index < -0.39 is 12.1 Å². The van der Waals surface area contributed by atoms with E-state index in [9.17, 15) is 0 Å². The minimum Gasteiger partial charge on any atom is -0.550 e. The number of carbonyl (C=O) groups is 1. The van der Waals surface area contributed by atoms with Gasteiger partial charge >= 0.3 is 0 Å². The number of carboxylic acids is 1. The highest BCUT2D eigenvalue weighted by atomic mass is 16.5. The van der Waals surface area contributed by atoms with Crippen LogP contribution < -0.4 is 5.11 Å². The van der Waals surface area contributed by atoms with Gasteiger partial charge < -0.3 is 24.9 Å². The molecule has 0 spiro atoms. The van der Waals surface area contributed by atoms with Crippen LogP contribution in [0, 0.1) is 0 Å². The van der Waals surface area contributed by atoms with Crippen LogP contribution in [0.5, 0.6) is 0 Å². The van der Waals surface area contributed by atoms with Crippen LogP contribution in [0.25, 0.3) is 0 Å². The van der Waals surface area contributed by atoms with E-state index in [-0.39, 0.29) is 17.8 Å². The number of rotatable bonds is 1. The SMILES string of the molecule is CC(=O)[O-].CC(C)(C)OC(C)(C)C.CC(O)CO. The van der Waals surface area contributed by atoms with Gasteiger partial charge in [-0.05, 0) is 55.4 Å². The molecule has 1 atom stereocenters. The van der Waals surface area contributed by atoms with Crippen molar-refractivity contribution in [1.29, 1.82) is 0 Å². The van der Waals surface area contributed by atoms with Gasteiger partial charge in [-0.3, -0.25) is 0 Å². The Morgan fingerprint density at radius 2 is 1.33 bits per heavy atom. The first-order chi connectivity index (χ1) is 7.71. The van der Waals surface area contributed by atoms with Gasteiger partial charge in [0.1, 0.15) is 0 Å². The molecule has 0 radical (unpaired) electrons. The molecule has 0 aromatic heterocycles. The van der Waals surface area contributed by atoms with Crippen molar-refractivity contribution in [3.63, 3.8) is 0 Å². The Morgan fingerprint density at radius 3 is 1.33 bits per heavy atom. The molecule has 0 aromatic rings. The molecular formula is C13H29O5-. The Hall–Kier alpha value is -0.650. The second-order valence-electron chi connectivity index (χ2n) is 5.85. The van der Waals surface area contributed by atoms with Crippen LogP contribution in [0.15, 0.2) is 0 Å². The van der Waals surface area contributed by atoms with E-state index in [4.69, 9.17) is 24.9 Å². The summed E-state index contributed by atoms with van der Waals surface area (Å²) in [5, 5.41) is 24.9. The Morgan fingerprint density at radius 1 is 1.17 bits per heavy atom. The fourth-order valence-corrected chi connectivity index (χ4v) is 0.919. The Kier molecular flexibility index (Phi) is 12.9. The minimum absolute atomic E-state index is 0.0156. The number of aliphatic hydroxyl groups excluding tert-OH is 2. The lowest BCUT2D eigenvalue weighted by atomic mass is 10.1. The molecule has 0 aliphatic heterocycles. The van der Waals surface area contributed by atoms with Gasteiger partial charge in [0.05, 0.1) is 23.9 Å². The highest BCUT2D eigenvalue weighted by Crippen LogP contribution is 2.17. The Balaban J connectivity index is -0.000000212. The first-order valence-corrected chi connectivity index (χ1v) is 5.88. The van der Waals surface area contributed by atoms with Crippen molar-refractivity contribution in [3.05, 3.63) is 0 Å². The third kappa shape index (κ3) is 58.5. The van der Waals surface area contributed by atoms with Gasteiger partial charge in [0.25, 0.3) is 0 Å². The van der Waals surface area contributed by atoms with Gasteiger partial charge in [-0.2, -0.15) is 0 Å². The van der Waals surface area contributed by atoms with E-state index in [1.165, 1.54) is 6.92 Å². The molecule has 1 unspecified atom stereocenters. The summed E-state index contributed by atoms with van der Waals surface area (Å²) in [5.74, 6) is -1.08. The second kappa shape index (κ2) is 10.3. The summed E-state index contributed by atoms with van der Waals surface area (Å²) in [6.07, 6.45) is -0.560. The Labute approximate surface area is 111 Å². The lowest BCUT2D eigenvalue weighted by molar-refractivity contribution is -0.302. The molecule has 0 heterocycles. The topological polar surface area (TPSA) is 89.8 Å². The lowest BCUT2D eigenvalue weighted by Gasteiger charge is -2.30. The van der Waals surface area contributed by atoms with E-state index in [1.54, 1.807) is 0 Å². The molecule has 0 saturated heterocycles. The molecule has 0 aromatic carbocycles. The van der Waals surface area contributed by atoms with Gasteiger partial charge in [0, 0.05) is 5.97 Å². The van der Waals surface area contributed by atoms with Gasteiger partial charge in [0.15, 0.2) is 0 Å². The summed E-state index contributed by atoms with van der Waals surface area (Å²) in [5.41, 5.74) is -0.0312. The molecule has 18 heavy (non-hydrogen) atoms. The zero-order chi connectivity index (χ0) is 15.6. The second-order valence-corrected chi connectivity index (χ2v) is 5.85. The van der Waals surface area contributed by atoms with E-state index in [1.807, 2.05) is 0 Å². The van der Waals surface area contributed by atoms with Crippen molar-refractivity contribution >= 4 is 5.97 Å². The van der Waals surface area contributed by atoms with Crippen molar-refractivity contribution in [3.8, 4) is 0 Å². The van der Waals surface area contributed by atoms with Crippen LogP contribution in [0.1, 0.15) is 55.4 Å². The number of hydrogen-bond donors (Lipinski definition) is 2. The third-order valence-electron chi connectivity index (χ3n) is 0.877. The predicted octanol–water partition coefficient (Wildman–Crippen LogP) is 0.716. The molecule has 2 N–H and O–H groups in total. The number of ether oxygens (including phenoxy) is 1. The molecule has 0 aliphatic rings. The molecule has 5 nitrogen and oxygen atoms in total. The average molecular weight is 265 g/mol. The summed E-state index contributed by atoms with van der Waals surface area (Å²) >= 11 is 0. The summed E-state index contributed by atoms with van der Waals surface area (Å²) in [6.45, 7) is 14.8. The maximum absolute atomic E-state index is 8.89. The number of carboxylic acid groups (broad SMARTS) is 1. The van der Waals surface area contributed by atoms with Crippen LogP contribution in [0.2, 0.25) is 0 Å². The van der Waals surface area contributed by atoms with Crippen LogP contribution in [-0.2, 0) is 9.53 Å². The van der Waals surface area contributed by atoms with Crippen LogP contribution in [-0.4, -0.2) is 40.1 Å². The van der Waals surface area contributed by atoms with Gasteiger partial charge in [0.2, 0.25) is 0 Å². The van der Waals surface area contributed by atoms with E-state index in [0.29, 0.717) is 0 Å². The fourth-order valence-electron chi connectivity index (χ4n) is 0.919. The molecule has 0 fully saturated rings. The normalized spacial score (nSPS) is 12.6. The summed E-state index contributed by atoms with van der Waals surface area (Å²) in [4.78, 5) is 8.89. The van der Waals surface area contributed by atoms with E-state index >= 15 is 0 Å². The molecule has 0 saturated carbocycles. The number of aliphatic carboxylic acids is 1. The van der Waals surface area contributed by atoms with E-state index in [2.05, 4.69) is 41.5 Å². The largest absolute Gasteiger partial charge is 0.550 e. The number of carbonyl (C=O) groups excluding carboxylic acids is 1. The van der Waals surface area contributed by atoms with Crippen LogP contribution in [0.4, 0.5) is 0 Å². The first kappa shape index (κ1) is 22.5. The summed E-state index contributed by atoms with van der Waals surface area (Å²) < 4.78 is 5.62. The first-order valence-electron chi connectivity index (χ1n) is 5.88. The molecule has 112 valence electrons. The Bertz CT molecular complexity index is 182. The average Bonchev–Trinajstić information content (AvgIpc) is 1.96. The smallest absolute Gasteiger partial charge is 0.0742 e. The zero-order valence-electron chi connectivity index (χ0n) is 12.9. The zero-order valence-corrected chi connectivity index (χ0v) is 12.9. The van der Waals surface area contributed by atoms with Crippen molar-refractivity contribution in [2.75, 3.05) is 6.61 Å². The maximum atomic E-state index is 8.89.